The number of hydrogen-bond acceptors (Lipinski definition) is 6. The lowest BCUT2D eigenvalue weighted by Gasteiger charge is -2.35. The van der Waals surface area contributed by atoms with E-state index in [-0.39, 0.29) is 26.9 Å². The molecule has 8 nitrogen and oxygen atoms in total. The van der Waals surface area contributed by atoms with Crippen molar-refractivity contribution in [3.8, 4) is 5.75 Å². The number of methoxy groups -OCH3 is 1. The van der Waals surface area contributed by atoms with Gasteiger partial charge in [0.2, 0.25) is 0 Å². The predicted octanol–water partition coefficient (Wildman–Crippen LogP) is 2.99. The van der Waals surface area contributed by atoms with Crippen LogP contribution in [0.3, 0.4) is 0 Å². The van der Waals surface area contributed by atoms with Crippen LogP contribution in [0, 0.1) is 0 Å². The third kappa shape index (κ3) is 4.80. The van der Waals surface area contributed by atoms with Gasteiger partial charge < -0.3 is 19.6 Å². The molecule has 0 atom stereocenters. The molecule has 162 valence electrons. The highest BCUT2D eigenvalue weighted by atomic mass is 35.5. The second kappa shape index (κ2) is 9.11. The number of hydrogen-bond donors (Lipinski definition) is 2. The number of aromatic carboxylic acids is 1. The van der Waals surface area contributed by atoms with Crippen LogP contribution < -0.4 is 14.4 Å². The van der Waals surface area contributed by atoms with Crippen molar-refractivity contribution in [2.45, 2.75) is 11.8 Å². The highest BCUT2D eigenvalue weighted by Gasteiger charge is 2.24. The molecule has 2 aromatic carbocycles. The molecule has 10 heteroatoms. The van der Waals surface area contributed by atoms with Crippen LogP contribution in [0.15, 0.2) is 41.3 Å². The smallest absolute Gasteiger partial charge is 0.337 e. The first kappa shape index (κ1) is 22.2. The number of nitrogens with one attached hydrogen (secondary N) is 1. The van der Waals surface area contributed by atoms with Crippen molar-refractivity contribution in [2.24, 2.45) is 0 Å². The molecule has 1 heterocycles. The molecule has 30 heavy (non-hydrogen) atoms. The molecule has 0 aromatic heterocycles. The van der Waals surface area contributed by atoms with E-state index in [0.29, 0.717) is 0 Å². The molecule has 0 radical (unpaired) electrons. The van der Waals surface area contributed by atoms with Crippen LogP contribution in [0.1, 0.15) is 17.3 Å². The largest absolute Gasteiger partial charge is 0.495 e. The van der Waals surface area contributed by atoms with Gasteiger partial charge in [0.1, 0.15) is 10.6 Å². The number of benzene rings is 2. The SMILES string of the molecule is CCN1CCN(c2ccc(NS(=O)(=O)c3cc(Cl)ccc3OC)c(C(=O)O)c2)CC1. The maximum absolute atomic E-state index is 12.9. The molecule has 3 rings (SSSR count). The predicted molar refractivity (Wildman–Crippen MR) is 117 cm³/mol. The average Bonchev–Trinajstić information content (AvgIpc) is 2.73. The highest BCUT2D eigenvalue weighted by molar-refractivity contribution is 7.92. The maximum Gasteiger partial charge on any atom is 0.337 e. The number of halogens is 1. The Labute approximate surface area is 181 Å². The van der Waals surface area contributed by atoms with Crippen LogP contribution in [0.25, 0.3) is 0 Å². The number of carbonyl (C=O) groups is 1. The molecule has 0 spiro atoms. The third-order valence-electron chi connectivity index (χ3n) is 5.08. The lowest BCUT2D eigenvalue weighted by molar-refractivity contribution is 0.0698. The zero-order valence-electron chi connectivity index (χ0n) is 16.8. The number of likely N-dealkylation sites (N-methyl/N-ethyl adjacent to an activating group) is 1. The number of sulfonamides is 1. The second-order valence-corrected chi connectivity index (χ2v) is 8.94. The lowest BCUT2D eigenvalue weighted by Crippen LogP contribution is -2.46. The fourth-order valence-corrected chi connectivity index (χ4v) is 4.89. The van der Waals surface area contributed by atoms with E-state index < -0.39 is 16.0 Å². The summed E-state index contributed by atoms with van der Waals surface area (Å²) >= 11 is 5.94. The van der Waals surface area contributed by atoms with E-state index in [2.05, 4.69) is 21.4 Å². The molecule has 0 bridgehead atoms. The van der Waals surface area contributed by atoms with Gasteiger partial charge in [-0.15, -0.1) is 0 Å². The molecule has 0 amide bonds. The standard InChI is InChI=1S/C20H24ClN3O5S/c1-3-23-8-10-24(11-9-23)15-5-6-17(16(13-15)20(25)26)22-30(27,28)19-12-14(21)4-7-18(19)29-2/h4-7,12-13,22H,3,8-11H2,1-2H3,(H,25,26). The topological polar surface area (TPSA) is 99.2 Å². The van der Waals surface area contributed by atoms with Gasteiger partial charge in [0.15, 0.2) is 0 Å². The van der Waals surface area contributed by atoms with Crippen LogP contribution in [-0.4, -0.2) is 64.2 Å². The number of ether oxygens (including phenoxy) is 1. The summed E-state index contributed by atoms with van der Waals surface area (Å²) in [5.41, 5.74) is 0.585. The van der Waals surface area contributed by atoms with Gasteiger partial charge in [-0.25, -0.2) is 13.2 Å². The van der Waals surface area contributed by atoms with Gasteiger partial charge in [-0.2, -0.15) is 0 Å². The molecule has 1 saturated heterocycles. The Morgan fingerprint density at radius 3 is 2.47 bits per heavy atom. The fourth-order valence-electron chi connectivity index (χ4n) is 3.38. The molecular weight excluding hydrogens is 430 g/mol. The van der Waals surface area contributed by atoms with E-state index in [0.717, 1.165) is 38.4 Å². The van der Waals surface area contributed by atoms with E-state index in [9.17, 15) is 18.3 Å². The molecule has 0 saturated carbocycles. The molecule has 1 fully saturated rings. The van der Waals surface area contributed by atoms with Crippen molar-refractivity contribution in [3.05, 3.63) is 47.0 Å². The van der Waals surface area contributed by atoms with Crippen LogP contribution in [-0.2, 0) is 10.0 Å². The summed E-state index contributed by atoms with van der Waals surface area (Å²) in [5.74, 6) is -1.12. The van der Waals surface area contributed by atoms with E-state index in [1.165, 1.54) is 37.4 Å². The molecule has 0 unspecified atom stereocenters. The number of carboxylic acid groups (broad SMARTS) is 1. The summed E-state index contributed by atoms with van der Waals surface area (Å²) in [6.07, 6.45) is 0. The van der Waals surface area contributed by atoms with Crippen LogP contribution in [0.4, 0.5) is 11.4 Å². The minimum absolute atomic E-state index is 0.0273. The second-order valence-electron chi connectivity index (χ2n) is 6.86. The Hall–Kier alpha value is -2.49. The first-order valence-electron chi connectivity index (χ1n) is 9.46. The monoisotopic (exact) mass is 453 g/mol. The first-order chi connectivity index (χ1) is 14.2. The molecule has 1 aliphatic rings. The van der Waals surface area contributed by atoms with Crippen LogP contribution in [0.2, 0.25) is 5.02 Å². The van der Waals surface area contributed by atoms with Crippen molar-refractivity contribution in [3.63, 3.8) is 0 Å². The first-order valence-corrected chi connectivity index (χ1v) is 11.3. The Morgan fingerprint density at radius 1 is 1.17 bits per heavy atom. The van der Waals surface area contributed by atoms with Crippen molar-refractivity contribution in [2.75, 3.05) is 49.5 Å². The maximum atomic E-state index is 12.9. The quantitative estimate of drug-likeness (QED) is 0.664. The van der Waals surface area contributed by atoms with Crippen LogP contribution in [0.5, 0.6) is 5.75 Å². The summed E-state index contributed by atoms with van der Waals surface area (Å²) < 4.78 is 33.3. The average molecular weight is 454 g/mol. The van der Waals surface area contributed by atoms with Crippen molar-refractivity contribution < 1.29 is 23.1 Å². The molecule has 0 aliphatic carbocycles. The molecular formula is C20H24ClN3O5S. The van der Waals surface area contributed by atoms with Gasteiger partial charge >= 0.3 is 5.97 Å². The number of piperazine rings is 1. The molecule has 2 N–H and O–H groups in total. The summed E-state index contributed by atoms with van der Waals surface area (Å²) in [6, 6.07) is 8.89. The minimum Gasteiger partial charge on any atom is -0.495 e. The summed E-state index contributed by atoms with van der Waals surface area (Å²) in [7, 11) is -2.78. The summed E-state index contributed by atoms with van der Waals surface area (Å²) in [4.78, 5) is 16.1. The van der Waals surface area contributed by atoms with Crippen molar-refractivity contribution in [1.29, 1.82) is 0 Å². The van der Waals surface area contributed by atoms with E-state index in [4.69, 9.17) is 16.3 Å². The van der Waals surface area contributed by atoms with Gasteiger partial charge in [-0.1, -0.05) is 18.5 Å². The molecule has 2 aromatic rings. The van der Waals surface area contributed by atoms with Gasteiger partial charge in [0.05, 0.1) is 18.4 Å². The van der Waals surface area contributed by atoms with Gasteiger partial charge in [-0.3, -0.25) is 4.72 Å². The van der Waals surface area contributed by atoms with Gasteiger partial charge in [0, 0.05) is 36.9 Å². The number of carboxylic acids is 1. The Balaban J connectivity index is 1.91. The zero-order valence-corrected chi connectivity index (χ0v) is 18.3. The molecule has 1 aliphatic heterocycles. The van der Waals surface area contributed by atoms with E-state index in [1.54, 1.807) is 6.07 Å². The van der Waals surface area contributed by atoms with Crippen molar-refractivity contribution >= 4 is 39.0 Å². The van der Waals surface area contributed by atoms with E-state index >= 15 is 0 Å². The van der Waals surface area contributed by atoms with Crippen molar-refractivity contribution in [1.82, 2.24) is 4.90 Å². The summed E-state index contributed by atoms with van der Waals surface area (Å²) in [5, 5.41) is 9.89. The number of anilines is 2. The Bertz CT molecular complexity index is 1040. The zero-order chi connectivity index (χ0) is 21.9. The lowest BCUT2D eigenvalue weighted by atomic mass is 10.1. The Morgan fingerprint density at radius 2 is 1.87 bits per heavy atom. The van der Waals surface area contributed by atoms with E-state index in [1.807, 2.05) is 0 Å². The minimum atomic E-state index is -4.13. The highest BCUT2D eigenvalue weighted by Crippen LogP contribution is 2.31. The number of nitrogens with zero attached hydrogens (tertiary/aromatic N) is 2. The van der Waals surface area contributed by atoms with Crippen LogP contribution >= 0.6 is 11.6 Å². The Kier molecular flexibility index (Phi) is 6.74. The number of rotatable bonds is 7. The summed E-state index contributed by atoms with van der Waals surface area (Å²) in [6.45, 7) is 6.41. The fraction of sp³-hybridized carbons (Fsp3) is 0.350. The normalized spacial score (nSPS) is 15.1. The third-order valence-corrected chi connectivity index (χ3v) is 6.70. The van der Waals surface area contributed by atoms with Gasteiger partial charge in [0.25, 0.3) is 10.0 Å². The van der Waals surface area contributed by atoms with Gasteiger partial charge in [-0.05, 0) is 42.9 Å².